The summed E-state index contributed by atoms with van der Waals surface area (Å²) < 4.78 is 28.5. The number of nitro groups is 1. The number of rotatable bonds is 6. The van der Waals surface area contributed by atoms with E-state index in [2.05, 4.69) is 5.32 Å². The molecule has 0 saturated heterocycles. The van der Waals surface area contributed by atoms with Crippen LogP contribution in [0, 0.1) is 24.0 Å². The summed E-state index contributed by atoms with van der Waals surface area (Å²) in [6.45, 7) is 4.84. The van der Waals surface area contributed by atoms with Gasteiger partial charge in [0, 0.05) is 12.1 Å². The molecule has 0 amide bonds. The number of sulfonamides is 1. The number of aryl methyl sites for hydroxylation is 2. The predicted molar refractivity (Wildman–Crippen MR) is 90.7 cm³/mol. The number of nitro benzene ring substituents is 1. The van der Waals surface area contributed by atoms with Gasteiger partial charge < -0.3 is 14.8 Å². The van der Waals surface area contributed by atoms with Gasteiger partial charge in [-0.05, 0) is 39.0 Å². The average molecular weight is 369 g/mol. The van der Waals surface area contributed by atoms with Crippen LogP contribution < -0.4 is 10.5 Å². The van der Waals surface area contributed by atoms with E-state index in [9.17, 15) is 23.6 Å². The van der Waals surface area contributed by atoms with E-state index in [-0.39, 0.29) is 12.2 Å². The number of anilines is 1. The SMILES string of the molecule is Cc1cc(C(C)(O)CNc2cccc(S(N)(=O)=O)c2[N+](=O)[O-])c(C)o1. The Labute approximate surface area is 144 Å². The van der Waals surface area contributed by atoms with Gasteiger partial charge in [0.2, 0.25) is 10.0 Å². The van der Waals surface area contributed by atoms with Crippen LogP contribution in [0.4, 0.5) is 11.4 Å². The highest BCUT2D eigenvalue weighted by atomic mass is 32.2. The van der Waals surface area contributed by atoms with Crippen LogP contribution in [0.25, 0.3) is 0 Å². The molecule has 0 radical (unpaired) electrons. The molecule has 0 bridgehead atoms. The van der Waals surface area contributed by atoms with Crippen LogP contribution in [-0.4, -0.2) is 25.0 Å². The molecule has 1 heterocycles. The van der Waals surface area contributed by atoms with E-state index in [4.69, 9.17) is 9.56 Å². The van der Waals surface area contributed by atoms with Crippen LogP contribution in [0.1, 0.15) is 24.0 Å². The van der Waals surface area contributed by atoms with Gasteiger partial charge in [-0.3, -0.25) is 10.1 Å². The molecule has 9 nitrogen and oxygen atoms in total. The minimum atomic E-state index is -4.27. The van der Waals surface area contributed by atoms with Crippen molar-refractivity contribution in [2.45, 2.75) is 31.3 Å². The van der Waals surface area contributed by atoms with E-state index >= 15 is 0 Å². The normalized spacial score (nSPS) is 14.1. The third-order valence-corrected chi connectivity index (χ3v) is 4.67. The molecule has 1 aromatic heterocycles. The molecule has 2 rings (SSSR count). The number of benzene rings is 1. The highest BCUT2D eigenvalue weighted by molar-refractivity contribution is 7.89. The predicted octanol–water partition coefficient (Wildman–Crippen LogP) is 1.77. The van der Waals surface area contributed by atoms with Crippen LogP contribution >= 0.6 is 0 Å². The molecule has 1 atom stereocenters. The van der Waals surface area contributed by atoms with Crippen LogP contribution in [-0.2, 0) is 15.6 Å². The van der Waals surface area contributed by atoms with Gasteiger partial charge in [0.1, 0.15) is 22.8 Å². The van der Waals surface area contributed by atoms with Crippen LogP contribution in [0.3, 0.4) is 0 Å². The fraction of sp³-hybridized carbons (Fsp3) is 0.333. The van der Waals surface area contributed by atoms with E-state index in [0.29, 0.717) is 17.1 Å². The minimum Gasteiger partial charge on any atom is -0.466 e. The summed E-state index contributed by atoms with van der Waals surface area (Å²) in [5.74, 6) is 1.15. The first-order valence-electron chi connectivity index (χ1n) is 7.27. The lowest BCUT2D eigenvalue weighted by Crippen LogP contribution is -2.31. The van der Waals surface area contributed by atoms with Gasteiger partial charge in [0.25, 0.3) is 0 Å². The Kier molecular flexibility index (Phi) is 4.89. The first kappa shape index (κ1) is 18.9. The Morgan fingerprint density at radius 2 is 2.04 bits per heavy atom. The highest BCUT2D eigenvalue weighted by Gasteiger charge is 2.31. The Morgan fingerprint density at radius 3 is 2.52 bits per heavy atom. The summed E-state index contributed by atoms with van der Waals surface area (Å²) >= 11 is 0. The molecule has 0 fully saturated rings. The molecule has 1 unspecified atom stereocenters. The molecule has 0 aliphatic heterocycles. The Hall–Kier alpha value is -2.43. The maximum atomic E-state index is 11.6. The van der Waals surface area contributed by atoms with Crippen molar-refractivity contribution in [2.24, 2.45) is 5.14 Å². The van der Waals surface area contributed by atoms with E-state index < -0.39 is 31.1 Å². The molecule has 0 aliphatic carbocycles. The molecule has 0 saturated carbocycles. The van der Waals surface area contributed by atoms with Gasteiger partial charge in [-0.1, -0.05) is 6.07 Å². The van der Waals surface area contributed by atoms with Crippen LogP contribution in [0.2, 0.25) is 0 Å². The van der Waals surface area contributed by atoms with Crippen molar-refractivity contribution in [3.8, 4) is 0 Å². The molecule has 4 N–H and O–H groups in total. The number of aliphatic hydroxyl groups is 1. The van der Waals surface area contributed by atoms with E-state index in [0.717, 1.165) is 6.07 Å². The maximum Gasteiger partial charge on any atom is 0.312 e. The van der Waals surface area contributed by atoms with Gasteiger partial charge in [0.15, 0.2) is 4.90 Å². The van der Waals surface area contributed by atoms with E-state index in [1.165, 1.54) is 19.1 Å². The molecule has 0 aliphatic rings. The fourth-order valence-electron chi connectivity index (χ4n) is 2.61. The number of para-hydroxylation sites is 1. The third-order valence-electron chi connectivity index (χ3n) is 3.73. The summed E-state index contributed by atoms with van der Waals surface area (Å²) in [5, 5.41) is 29.7. The highest BCUT2D eigenvalue weighted by Crippen LogP contribution is 2.33. The number of primary sulfonamides is 1. The first-order valence-corrected chi connectivity index (χ1v) is 8.82. The van der Waals surface area contributed by atoms with Crippen molar-refractivity contribution in [1.29, 1.82) is 0 Å². The molecular weight excluding hydrogens is 350 g/mol. The quantitative estimate of drug-likeness (QED) is 0.519. The number of hydrogen-bond donors (Lipinski definition) is 3. The van der Waals surface area contributed by atoms with Crippen molar-refractivity contribution in [3.05, 3.63) is 51.5 Å². The molecule has 0 spiro atoms. The zero-order valence-electron chi connectivity index (χ0n) is 13.9. The lowest BCUT2D eigenvalue weighted by Gasteiger charge is -2.24. The number of nitrogens with one attached hydrogen (secondary N) is 1. The zero-order valence-corrected chi connectivity index (χ0v) is 14.8. The van der Waals surface area contributed by atoms with E-state index in [1.54, 1.807) is 19.9 Å². The smallest absolute Gasteiger partial charge is 0.312 e. The first-order chi connectivity index (χ1) is 11.4. The second-order valence-electron chi connectivity index (χ2n) is 5.91. The van der Waals surface area contributed by atoms with E-state index in [1.807, 2.05) is 0 Å². The Balaban J connectivity index is 2.38. The summed E-state index contributed by atoms with van der Waals surface area (Å²) in [4.78, 5) is 9.88. The molecule has 1 aromatic carbocycles. The molecule has 136 valence electrons. The van der Waals surface area contributed by atoms with Gasteiger partial charge in [-0.25, -0.2) is 13.6 Å². The minimum absolute atomic E-state index is 0.0605. The maximum absolute atomic E-state index is 11.6. The van der Waals surface area contributed by atoms with Crippen molar-refractivity contribution >= 4 is 21.4 Å². The fourth-order valence-corrected chi connectivity index (χ4v) is 3.33. The third kappa shape index (κ3) is 3.98. The van der Waals surface area contributed by atoms with Crippen molar-refractivity contribution in [2.75, 3.05) is 11.9 Å². The molecule has 10 heteroatoms. The Bertz CT molecular complexity index is 917. The summed E-state index contributed by atoms with van der Waals surface area (Å²) in [5.41, 5.74) is -1.59. The van der Waals surface area contributed by atoms with Gasteiger partial charge in [0.05, 0.1) is 4.92 Å². The number of nitrogens with two attached hydrogens (primary N) is 1. The summed E-state index contributed by atoms with van der Waals surface area (Å²) in [6.07, 6.45) is 0. The van der Waals surface area contributed by atoms with Gasteiger partial charge >= 0.3 is 5.69 Å². The van der Waals surface area contributed by atoms with Gasteiger partial charge in [-0.2, -0.15) is 0 Å². The second kappa shape index (κ2) is 6.47. The van der Waals surface area contributed by atoms with Crippen molar-refractivity contribution in [1.82, 2.24) is 0 Å². The number of furan rings is 1. The average Bonchev–Trinajstić information content (AvgIpc) is 2.83. The topological polar surface area (TPSA) is 149 Å². The van der Waals surface area contributed by atoms with Crippen molar-refractivity contribution in [3.63, 3.8) is 0 Å². The van der Waals surface area contributed by atoms with Crippen LogP contribution in [0.15, 0.2) is 33.6 Å². The Morgan fingerprint density at radius 1 is 1.40 bits per heavy atom. The second-order valence-corrected chi connectivity index (χ2v) is 7.44. The molecular formula is C15H19N3O6S. The zero-order chi connectivity index (χ0) is 19.0. The van der Waals surface area contributed by atoms with Gasteiger partial charge in [-0.15, -0.1) is 0 Å². The number of nitrogens with zero attached hydrogens (tertiary/aromatic N) is 1. The summed E-state index contributed by atoms with van der Waals surface area (Å²) in [6, 6.07) is 5.40. The molecule has 25 heavy (non-hydrogen) atoms. The number of hydrogen-bond acceptors (Lipinski definition) is 7. The van der Waals surface area contributed by atoms with Crippen LogP contribution in [0.5, 0.6) is 0 Å². The monoisotopic (exact) mass is 369 g/mol. The standard InChI is InChI=1S/C15H19N3O6S/c1-9-7-11(10(2)24-9)15(3,19)8-17-12-5-4-6-13(25(16,22)23)14(12)18(20)21/h4-7,17,19H,8H2,1-3H3,(H2,16,22,23). The summed E-state index contributed by atoms with van der Waals surface area (Å²) in [7, 11) is -4.27. The lowest BCUT2D eigenvalue weighted by atomic mass is 9.96. The lowest BCUT2D eigenvalue weighted by molar-refractivity contribution is -0.386. The largest absolute Gasteiger partial charge is 0.466 e. The van der Waals surface area contributed by atoms with Crippen molar-refractivity contribution < 1.29 is 22.9 Å². The molecule has 2 aromatic rings.